The number of halogens is 3. The van der Waals surface area contributed by atoms with Crippen LogP contribution < -0.4 is 10.1 Å². The molecule has 0 aliphatic carbocycles. The molecule has 1 fully saturated rings. The van der Waals surface area contributed by atoms with E-state index in [0.717, 1.165) is 12.1 Å². The van der Waals surface area contributed by atoms with E-state index in [1.807, 2.05) is 0 Å². The Morgan fingerprint density at radius 2 is 1.55 bits per heavy atom. The molecular weight excluding hydrogens is 441 g/mol. The molecule has 1 heterocycles. The molecule has 7 nitrogen and oxygen atoms in total. The number of alkyl halides is 3. The van der Waals surface area contributed by atoms with Crippen LogP contribution in [-0.4, -0.2) is 48.6 Å². The minimum Gasteiger partial charge on any atom is -0.434 e. The predicted octanol–water partition coefficient (Wildman–Crippen LogP) is 4.28. The molecule has 0 spiro atoms. The second-order valence-electron chi connectivity index (χ2n) is 7.42. The molecule has 10 heteroatoms. The number of hydrogen-bond donors (Lipinski definition) is 1. The van der Waals surface area contributed by atoms with Crippen LogP contribution in [0.2, 0.25) is 0 Å². The molecule has 1 aliphatic heterocycles. The summed E-state index contributed by atoms with van der Waals surface area (Å²) in [4.78, 5) is 37.9. The molecule has 0 bridgehead atoms. The molecule has 0 unspecified atom stereocenters. The number of nitrogens with one attached hydrogen (secondary N) is 1. The molecule has 3 rings (SSSR count). The van der Waals surface area contributed by atoms with Gasteiger partial charge in [0, 0.05) is 30.3 Å². The average molecular weight is 464 g/mol. The third-order valence-corrected chi connectivity index (χ3v) is 5.16. The highest BCUT2D eigenvalue weighted by Crippen LogP contribution is 2.29. The van der Waals surface area contributed by atoms with Crippen molar-refractivity contribution in [2.45, 2.75) is 32.0 Å². The van der Waals surface area contributed by atoms with Crippen molar-refractivity contribution < 1.29 is 37.0 Å². The molecule has 1 saturated heterocycles. The Morgan fingerprint density at radius 1 is 0.970 bits per heavy atom. The number of ether oxygens (including phenoxy) is 2. The van der Waals surface area contributed by atoms with Crippen molar-refractivity contribution in [2.75, 3.05) is 19.7 Å². The maximum Gasteiger partial charge on any atom is 0.513 e. The Labute approximate surface area is 188 Å². The van der Waals surface area contributed by atoms with Crippen molar-refractivity contribution in [3.63, 3.8) is 0 Å². The zero-order valence-electron chi connectivity index (χ0n) is 17.9. The Balaban J connectivity index is 1.49. The van der Waals surface area contributed by atoms with E-state index in [1.165, 1.54) is 36.4 Å². The minimum absolute atomic E-state index is 0.149. The molecule has 0 aromatic heterocycles. The first-order valence-corrected chi connectivity index (χ1v) is 10.4. The number of nitrogens with zero attached hydrogens (tertiary/aromatic N) is 1. The quantitative estimate of drug-likeness (QED) is 0.528. The summed E-state index contributed by atoms with van der Waals surface area (Å²) in [6.45, 7) is 2.59. The SMILES string of the molecule is CCOC(=O)Oc1ccc(C(=O)NC2CCN(C(=O)c3ccc(C(F)(F)F)cc3)CC2)cc1. The normalized spacial score (nSPS) is 14.5. The second-order valence-corrected chi connectivity index (χ2v) is 7.42. The van der Waals surface area contributed by atoms with Crippen molar-refractivity contribution in [1.29, 1.82) is 0 Å². The van der Waals surface area contributed by atoms with Crippen molar-refractivity contribution >= 4 is 18.0 Å². The number of likely N-dealkylation sites (tertiary alicyclic amines) is 1. The van der Waals surface area contributed by atoms with Gasteiger partial charge in [-0.1, -0.05) is 0 Å². The number of piperidine rings is 1. The van der Waals surface area contributed by atoms with Gasteiger partial charge in [-0.3, -0.25) is 9.59 Å². The van der Waals surface area contributed by atoms with Gasteiger partial charge in [0.05, 0.1) is 12.2 Å². The summed E-state index contributed by atoms with van der Waals surface area (Å²) in [7, 11) is 0. The minimum atomic E-state index is -4.45. The standard InChI is InChI=1S/C23H23F3N2O5/c1-2-32-22(31)33-19-9-5-15(6-10-19)20(29)27-18-11-13-28(14-12-18)21(30)16-3-7-17(8-4-16)23(24,25)26/h3-10,18H,2,11-14H2,1H3,(H,27,29). The van der Waals surface area contributed by atoms with Gasteiger partial charge >= 0.3 is 12.3 Å². The Kier molecular flexibility index (Phi) is 7.57. The van der Waals surface area contributed by atoms with Crippen molar-refractivity contribution in [1.82, 2.24) is 10.2 Å². The zero-order chi connectivity index (χ0) is 24.0. The predicted molar refractivity (Wildman–Crippen MR) is 112 cm³/mol. The third-order valence-electron chi connectivity index (χ3n) is 5.16. The molecule has 0 saturated carbocycles. The molecule has 33 heavy (non-hydrogen) atoms. The van der Waals surface area contributed by atoms with Crippen LogP contribution in [0.4, 0.5) is 18.0 Å². The maximum absolute atomic E-state index is 12.7. The highest BCUT2D eigenvalue weighted by molar-refractivity contribution is 5.95. The van der Waals surface area contributed by atoms with Crippen LogP contribution in [0, 0.1) is 0 Å². The van der Waals surface area contributed by atoms with Gasteiger partial charge in [0.2, 0.25) is 0 Å². The lowest BCUT2D eigenvalue weighted by atomic mass is 10.0. The lowest BCUT2D eigenvalue weighted by Gasteiger charge is -2.32. The van der Waals surface area contributed by atoms with Gasteiger partial charge in [0.1, 0.15) is 5.75 Å². The fourth-order valence-electron chi connectivity index (χ4n) is 3.40. The van der Waals surface area contributed by atoms with E-state index in [1.54, 1.807) is 11.8 Å². The summed E-state index contributed by atoms with van der Waals surface area (Å²) in [6, 6.07) is 9.99. The summed E-state index contributed by atoms with van der Waals surface area (Å²) in [6.07, 6.45) is -4.25. The summed E-state index contributed by atoms with van der Waals surface area (Å²) in [5, 5.41) is 2.90. The van der Waals surface area contributed by atoms with Gasteiger partial charge in [-0.2, -0.15) is 13.2 Å². The van der Waals surface area contributed by atoms with Crippen LogP contribution in [0.5, 0.6) is 5.75 Å². The lowest BCUT2D eigenvalue weighted by molar-refractivity contribution is -0.137. The molecular formula is C23H23F3N2O5. The summed E-state index contributed by atoms with van der Waals surface area (Å²) in [5.74, 6) is -0.393. The zero-order valence-corrected chi connectivity index (χ0v) is 17.9. The number of carbonyl (C=O) groups excluding carboxylic acids is 3. The monoisotopic (exact) mass is 464 g/mol. The van der Waals surface area contributed by atoms with Crippen LogP contribution in [0.25, 0.3) is 0 Å². The molecule has 0 atom stereocenters. The van der Waals surface area contributed by atoms with Gasteiger partial charge in [-0.15, -0.1) is 0 Å². The molecule has 1 N–H and O–H groups in total. The first-order chi connectivity index (χ1) is 15.7. The van der Waals surface area contributed by atoms with E-state index >= 15 is 0 Å². The topological polar surface area (TPSA) is 84.9 Å². The Hall–Kier alpha value is -3.56. The number of amides is 2. The molecule has 2 amide bonds. The van der Waals surface area contributed by atoms with Crippen LogP contribution >= 0.6 is 0 Å². The largest absolute Gasteiger partial charge is 0.513 e. The molecule has 2 aromatic carbocycles. The van der Waals surface area contributed by atoms with Crippen LogP contribution in [0.15, 0.2) is 48.5 Å². The van der Waals surface area contributed by atoms with Crippen molar-refractivity contribution in [2.24, 2.45) is 0 Å². The average Bonchev–Trinajstić information content (AvgIpc) is 2.79. The molecule has 0 radical (unpaired) electrons. The van der Waals surface area contributed by atoms with Crippen molar-refractivity contribution in [3.05, 3.63) is 65.2 Å². The number of benzene rings is 2. The maximum atomic E-state index is 12.7. The van der Waals surface area contributed by atoms with E-state index in [2.05, 4.69) is 10.1 Å². The number of carbonyl (C=O) groups is 3. The molecule has 2 aromatic rings. The Morgan fingerprint density at radius 3 is 2.09 bits per heavy atom. The molecule has 176 valence electrons. The van der Waals surface area contributed by atoms with Crippen LogP contribution in [0.3, 0.4) is 0 Å². The fraction of sp³-hybridized carbons (Fsp3) is 0.348. The van der Waals surface area contributed by atoms with E-state index in [-0.39, 0.29) is 35.8 Å². The Bertz CT molecular complexity index is 983. The van der Waals surface area contributed by atoms with Crippen molar-refractivity contribution in [3.8, 4) is 5.75 Å². The summed E-state index contributed by atoms with van der Waals surface area (Å²) < 4.78 is 47.7. The van der Waals surface area contributed by atoms with E-state index in [9.17, 15) is 27.6 Å². The second kappa shape index (κ2) is 10.4. The van der Waals surface area contributed by atoms with Gasteiger partial charge in [0.15, 0.2) is 0 Å². The van der Waals surface area contributed by atoms with E-state index in [4.69, 9.17) is 4.74 Å². The summed E-state index contributed by atoms with van der Waals surface area (Å²) in [5.41, 5.74) is -0.231. The highest BCUT2D eigenvalue weighted by Gasteiger charge is 2.31. The smallest absolute Gasteiger partial charge is 0.434 e. The van der Waals surface area contributed by atoms with E-state index in [0.29, 0.717) is 31.5 Å². The number of rotatable bonds is 5. The van der Waals surface area contributed by atoms with Gasteiger partial charge in [-0.25, -0.2) is 4.79 Å². The van der Waals surface area contributed by atoms with Gasteiger partial charge < -0.3 is 19.7 Å². The summed E-state index contributed by atoms with van der Waals surface area (Å²) >= 11 is 0. The highest BCUT2D eigenvalue weighted by atomic mass is 19.4. The van der Waals surface area contributed by atoms with Crippen LogP contribution in [0.1, 0.15) is 46.0 Å². The first kappa shape index (κ1) is 24.1. The lowest BCUT2D eigenvalue weighted by Crippen LogP contribution is -2.46. The van der Waals surface area contributed by atoms with Crippen LogP contribution in [-0.2, 0) is 10.9 Å². The fourth-order valence-corrected chi connectivity index (χ4v) is 3.40. The third kappa shape index (κ3) is 6.47. The first-order valence-electron chi connectivity index (χ1n) is 10.4. The van der Waals surface area contributed by atoms with E-state index < -0.39 is 17.9 Å². The van der Waals surface area contributed by atoms with Gasteiger partial charge in [0.25, 0.3) is 11.8 Å². The molecule has 1 aliphatic rings. The number of hydrogen-bond acceptors (Lipinski definition) is 5. The van der Waals surface area contributed by atoms with Gasteiger partial charge in [-0.05, 0) is 68.3 Å².